The van der Waals surface area contributed by atoms with Gasteiger partial charge < -0.3 is 15.8 Å². The van der Waals surface area contributed by atoms with Crippen LogP contribution in [-0.2, 0) is 13.2 Å². The average molecular weight is 392 g/mol. The number of nitrogens with zero attached hydrogens (tertiary/aromatic N) is 4. The third-order valence-electron chi connectivity index (χ3n) is 4.23. The molecule has 3 aromatic rings. The van der Waals surface area contributed by atoms with Crippen molar-refractivity contribution in [3.8, 4) is 28.1 Å². The molecule has 0 aliphatic carbocycles. The maximum Gasteiger partial charge on any atom is 0.422 e. The van der Waals surface area contributed by atoms with E-state index in [-0.39, 0.29) is 23.0 Å². The van der Waals surface area contributed by atoms with Gasteiger partial charge in [0, 0.05) is 31.4 Å². The second kappa shape index (κ2) is 7.02. The van der Waals surface area contributed by atoms with Gasteiger partial charge in [0.05, 0.1) is 18.5 Å². The molecule has 1 aromatic carbocycles. The first kappa shape index (κ1) is 19.5. The molecule has 7 nitrogen and oxygen atoms in total. The van der Waals surface area contributed by atoms with Crippen LogP contribution in [0.25, 0.3) is 22.4 Å². The van der Waals surface area contributed by atoms with Crippen molar-refractivity contribution in [1.29, 1.82) is 0 Å². The van der Waals surface area contributed by atoms with Crippen LogP contribution in [0, 0.1) is 6.92 Å². The summed E-state index contributed by atoms with van der Waals surface area (Å²) in [5.41, 5.74) is 6.84. The van der Waals surface area contributed by atoms with E-state index in [4.69, 9.17) is 10.5 Å². The Morgan fingerprint density at radius 3 is 2.43 bits per heavy atom. The van der Waals surface area contributed by atoms with Crippen LogP contribution in [0.2, 0.25) is 0 Å². The van der Waals surface area contributed by atoms with Gasteiger partial charge in [-0.15, -0.1) is 0 Å². The van der Waals surface area contributed by atoms with E-state index in [1.807, 2.05) is 13.1 Å². The lowest BCUT2D eigenvalue weighted by Gasteiger charge is -2.18. The van der Waals surface area contributed by atoms with Crippen molar-refractivity contribution in [2.75, 3.05) is 25.2 Å². The predicted molar refractivity (Wildman–Crippen MR) is 99.9 cm³/mol. The fourth-order valence-electron chi connectivity index (χ4n) is 3.06. The summed E-state index contributed by atoms with van der Waals surface area (Å²) < 4.78 is 48.2. The molecule has 0 saturated heterocycles. The third-order valence-corrected chi connectivity index (χ3v) is 4.23. The zero-order chi connectivity index (χ0) is 20.6. The first-order valence-corrected chi connectivity index (χ1v) is 8.27. The number of alkyl halides is 3. The molecule has 0 unspecified atom stereocenters. The number of nitrogens with one attached hydrogen (secondary N) is 1. The number of nitrogen functional groups attached to an aromatic ring is 1. The maximum atomic E-state index is 13.7. The van der Waals surface area contributed by atoms with E-state index in [9.17, 15) is 13.2 Å². The minimum atomic E-state index is -4.69. The molecular formula is C18H19F3N6O. The molecule has 0 radical (unpaired) electrons. The SMILES string of the molecule is CNc1nc(N)nc(-c2ccc(-c3cn(C)nc3C)cc2OC)c1C(F)(F)F. The molecule has 148 valence electrons. The van der Waals surface area contributed by atoms with Crippen molar-refractivity contribution in [3.63, 3.8) is 0 Å². The number of nitrogens with two attached hydrogens (primary N) is 1. The highest BCUT2D eigenvalue weighted by Crippen LogP contribution is 2.43. The van der Waals surface area contributed by atoms with E-state index in [2.05, 4.69) is 20.4 Å². The topological polar surface area (TPSA) is 90.9 Å². The molecule has 0 fully saturated rings. The summed E-state index contributed by atoms with van der Waals surface area (Å²) in [4.78, 5) is 7.52. The third kappa shape index (κ3) is 3.45. The van der Waals surface area contributed by atoms with Crippen LogP contribution in [0.4, 0.5) is 24.9 Å². The summed E-state index contributed by atoms with van der Waals surface area (Å²) in [6, 6.07) is 4.87. The zero-order valence-corrected chi connectivity index (χ0v) is 15.7. The average Bonchev–Trinajstić information content (AvgIpc) is 2.97. The summed E-state index contributed by atoms with van der Waals surface area (Å²) in [7, 11) is 4.52. The number of aryl methyl sites for hydroxylation is 2. The minimum absolute atomic E-state index is 0.158. The van der Waals surface area contributed by atoms with Gasteiger partial charge in [0.15, 0.2) is 0 Å². The summed E-state index contributed by atoms with van der Waals surface area (Å²) in [6.45, 7) is 1.85. The molecule has 0 amide bonds. The minimum Gasteiger partial charge on any atom is -0.496 e. The van der Waals surface area contributed by atoms with Crippen LogP contribution in [0.5, 0.6) is 5.75 Å². The van der Waals surface area contributed by atoms with E-state index in [0.717, 1.165) is 16.8 Å². The Labute approximate surface area is 159 Å². The van der Waals surface area contributed by atoms with Gasteiger partial charge in [-0.3, -0.25) is 4.68 Å². The van der Waals surface area contributed by atoms with E-state index < -0.39 is 17.6 Å². The number of anilines is 2. The van der Waals surface area contributed by atoms with Crippen LogP contribution < -0.4 is 15.8 Å². The fraction of sp³-hybridized carbons (Fsp3) is 0.278. The highest BCUT2D eigenvalue weighted by molar-refractivity contribution is 5.79. The summed E-state index contributed by atoms with van der Waals surface area (Å²) in [6.07, 6.45) is -2.86. The first-order valence-electron chi connectivity index (χ1n) is 8.27. The lowest BCUT2D eigenvalue weighted by atomic mass is 9.99. The Kier molecular flexibility index (Phi) is 4.88. The van der Waals surface area contributed by atoms with Crippen molar-refractivity contribution >= 4 is 11.8 Å². The van der Waals surface area contributed by atoms with Crippen LogP contribution in [-0.4, -0.2) is 33.9 Å². The molecule has 0 aliphatic heterocycles. The molecule has 0 aliphatic rings. The largest absolute Gasteiger partial charge is 0.496 e. The Morgan fingerprint density at radius 2 is 1.89 bits per heavy atom. The monoisotopic (exact) mass is 392 g/mol. The van der Waals surface area contributed by atoms with Crippen molar-refractivity contribution in [1.82, 2.24) is 19.7 Å². The van der Waals surface area contributed by atoms with Gasteiger partial charge in [-0.2, -0.15) is 23.3 Å². The van der Waals surface area contributed by atoms with Gasteiger partial charge in [0.1, 0.15) is 17.1 Å². The van der Waals surface area contributed by atoms with Gasteiger partial charge in [-0.1, -0.05) is 6.07 Å². The van der Waals surface area contributed by atoms with Gasteiger partial charge in [0.25, 0.3) is 0 Å². The number of hydrogen-bond donors (Lipinski definition) is 2. The van der Waals surface area contributed by atoms with Crippen molar-refractivity contribution in [3.05, 3.63) is 35.7 Å². The van der Waals surface area contributed by atoms with Crippen LogP contribution in [0.1, 0.15) is 11.3 Å². The molecule has 2 heterocycles. The van der Waals surface area contributed by atoms with Gasteiger partial charge in [-0.05, 0) is 24.6 Å². The second-order valence-electron chi connectivity index (χ2n) is 6.12. The molecule has 10 heteroatoms. The molecule has 3 rings (SSSR count). The fourth-order valence-corrected chi connectivity index (χ4v) is 3.06. The Balaban J connectivity index is 2.25. The summed E-state index contributed by atoms with van der Waals surface area (Å²) in [5.74, 6) is -0.447. The van der Waals surface area contributed by atoms with Crippen molar-refractivity contribution < 1.29 is 17.9 Å². The highest BCUT2D eigenvalue weighted by atomic mass is 19.4. The molecule has 0 spiro atoms. The standard InChI is InChI=1S/C18H19F3N6O/c1-9-12(8-27(3)26-9)10-5-6-11(13(7-10)28-4)15-14(18(19,20)21)16(23-2)25-17(22)24-15/h5-8H,1-4H3,(H3,22,23,24,25). The Bertz CT molecular complexity index is 1030. The van der Waals surface area contributed by atoms with Crippen LogP contribution >= 0.6 is 0 Å². The molecule has 28 heavy (non-hydrogen) atoms. The summed E-state index contributed by atoms with van der Waals surface area (Å²) in [5, 5.41) is 6.72. The quantitative estimate of drug-likeness (QED) is 0.706. The first-order chi connectivity index (χ1) is 13.2. The van der Waals surface area contributed by atoms with Crippen LogP contribution in [0.3, 0.4) is 0 Å². The molecule has 2 aromatic heterocycles. The van der Waals surface area contributed by atoms with E-state index >= 15 is 0 Å². The maximum absolute atomic E-state index is 13.7. The smallest absolute Gasteiger partial charge is 0.422 e. The van der Waals surface area contributed by atoms with Gasteiger partial charge in [0.2, 0.25) is 5.95 Å². The Morgan fingerprint density at radius 1 is 1.18 bits per heavy atom. The number of aromatic nitrogens is 4. The predicted octanol–water partition coefficient (Wildman–Crippen LogP) is 3.50. The van der Waals surface area contributed by atoms with Gasteiger partial charge >= 0.3 is 6.18 Å². The lowest BCUT2D eigenvalue weighted by molar-refractivity contribution is -0.136. The number of rotatable bonds is 4. The van der Waals surface area contributed by atoms with E-state index in [1.165, 1.54) is 20.2 Å². The van der Waals surface area contributed by atoms with Crippen molar-refractivity contribution in [2.24, 2.45) is 7.05 Å². The molecule has 0 saturated carbocycles. The zero-order valence-electron chi connectivity index (χ0n) is 15.7. The molecule has 3 N–H and O–H groups in total. The highest BCUT2D eigenvalue weighted by Gasteiger charge is 2.39. The van der Waals surface area contributed by atoms with Gasteiger partial charge in [-0.25, -0.2) is 4.98 Å². The number of halogens is 3. The molecular weight excluding hydrogens is 373 g/mol. The second-order valence-corrected chi connectivity index (χ2v) is 6.12. The van der Waals surface area contributed by atoms with E-state index in [0.29, 0.717) is 0 Å². The molecule has 0 atom stereocenters. The normalized spacial score (nSPS) is 11.5. The number of methoxy groups -OCH3 is 1. The van der Waals surface area contributed by atoms with Crippen molar-refractivity contribution in [2.45, 2.75) is 13.1 Å². The number of hydrogen-bond acceptors (Lipinski definition) is 6. The van der Waals surface area contributed by atoms with E-state index in [1.54, 1.807) is 23.9 Å². The van der Waals surface area contributed by atoms with Crippen LogP contribution in [0.15, 0.2) is 24.4 Å². The molecule has 0 bridgehead atoms. The number of ether oxygens (including phenoxy) is 1. The lowest BCUT2D eigenvalue weighted by Crippen LogP contribution is -2.15. The Hall–Kier alpha value is -3.30. The number of benzene rings is 1. The summed E-state index contributed by atoms with van der Waals surface area (Å²) >= 11 is 0.